The van der Waals surface area contributed by atoms with Crippen molar-refractivity contribution in [2.24, 2.45) is 0 Å². The van der Waals surface area contributed by atoms with Crippen molar-refractivity contribution in [3.63, 3.8) is 0 Å². The number of amides is 4. The molecule has 2 aliphatic heterocycles. The summed E-state index contributed by atoms with van der Waals surface area (Å²) in [7, 11) is 0. The molecule has 2 aromatic rings. The van der Waals surface area contributed by atoms with Gasteiger partial charge in [-0.05, 0) is 24.8 Å². The van der Waals surface area contributed by atoms with Gasteiger partial charge in [-0.15, -0.1) is 11.3 Å². The first-order valence-corrected chi connectivity index (χ1v) is 10.8. The highest BCUT2D eigenvalue weighted by Gasteiger charge is 2.57. The van der Waals surface area contributed by atoms with Crippen LogP contribution in [0.1, 0.15) is 41.4 Å². The van der Waals surface area contributed by atoms with Crippen molar-refractivity contribution in [2.45, 2.75) is 38.3 Å². The minimum Gasteiger partial charge on any atom is -0.338 e. The largest absolute Gasteiger partial charge is 0.338 e. The number of imide groups is 1. The van der Waals surface area contributed by atoms with Crippen molar-refractivity contribution in [2.75, 3.05) is 19.6 Å². The van der Waals surface area contributed by atoms with Gasteiger partial charge in [-0.1, -0.05) is 37.3 Å². The van der Waals surface area contributed by atoms with Gasteiger partial charge < -0.3 is 9.80 Å². The number of likely N-dealkylation sites (tertiary alicyclic amines) is 1. The molecular weight excluding hydrogens is 388 g/mol. The maximum Gasteiger partial charge on any atom is 0.327 e. The summed E-state index contributed by atoms with van der Waals surface area (Å²) in [5.41, 5.74) is 1.77. The molecule has 3 heterocycles. The predicted molar refractivity (Wildman–Crippen MR) is 109 cm³/mol. The fourth-order valence-corrected chi connectivity index (χ4v) is 4.82. The highest BCUT2D eigenvalue weighted by Crippen LogP contribution is 2.39. The summed E-state index contributed by atoms with van der Waals surface area (Å²) in [4.78, 5) is 48.6. The lowest BCUT2D eigenvalue weighted by Gasteiger charge is -2.42. The summed E-state index contributed by atoms with van der Waals surface area (Å²) < 4.78 is 0. The standard InChI is InChI=1S/C21H24N4O3S/c1-2-10-24-19(27)21(25(20(24)28)14-16-6-4-3-5-7-16)8-11-23(12-9-21)18(26)17-13-22-15-29-17/h3-7,13,15H,2,8-12,14H2,1H3. The van der Waals surface area contributed by atoms with Crippen molar-refractivity contribution in [3.05, 3.63) is 52.5 Å². The number of hydrogen-bond acceptors (Lipinski definition) is 5. The molecule has 0 radical (unpaired) electrons. The smallest absolute Gasteiger partial charge is 0.327 e. The molecule has 4 amide bonds. The minimum atomic E-state index is -0.868. The Bertz CT molecular complexity index is 892. The molecule has 0 saturated carbocycles. The zero-order valence-electron chi connectivity index (χ0n) is 16.4. The van der Waals surface area contributed by atoms with E-state index in [0.29, 0.717) is 43.9 Å². The maximum atomic E-state index is 13.3. The summed E-state index contributed by atoms with van der Waals surface area (Å²) in [6.45, 7) is 3.67. The number of rotatable bonds is 5. The SMILES string of the molecule is CCCN1C(=O)N(Cc2ccccc2)C2(CCN(C(=O)c3cncs3)CC2)C1=O. The lowest BCUT2D eigenvalue weighted by Crippen LogP contribution is -2.57. The van der Waals surface area contributed by atoms with Crippen LogP contribution < -0.4 is 0 Å². The molecule has 0 unspecified atom stereocenters. The molecule has 1 spiro atoms. The Morgan fingerprint density at radius 2 is 1.90 bits per heavy atom. The Kier molecular flexibility index (Phi) is 5.36. The van der Waals surface area contributed by atoms with Crippen LogP contribution in [-0.2, 0) is 11.3 Å². The van der Waals surface area contributed by atoms with Gasteiger partial charge in [-0.2, -0.15) is 0 Å². The maximum absolute atomic E-state index is 13.3. The third-order valence-corrected chi connectivity index (χ3v) is 6.53. The van der Waals surface area contributed by atoms with E-state index < -0.39 is 5.54 Å². The van der Waals surface area contributed by atoms with Gasteiger partial charge in [-0.25, -0.2) is 4.79 Å². The van der Waals surface area contributed by atoms with Crippen LogP contribution in [0.4, 0.5) is 4.79 Å². The second-order valence-corrected chi connectivity index (χ2v) is 8.39. The Hall–Kier alpha value is -2.74. The molecule has 0 bridgehead atoms. The zero-order valence-corrected chi connectivity index (χ0v) is 17.2. The van der Waals surface area contributed by atoms with Gasteiger partial charge in [0.25, 0.3) is 11.8 Å². The number of benzene rings is 1. The highest BCUT2D eigenvalue weighted by atomic mass is 32.1. The second-order valence-electron chi connectivity index (χ2n) is 7.50. The van der Waals surface area contributed by atoms with Crippen molar-refractivity contribution in [1.29, 1.82) is 0 Å². The molecule has 2 aliphatic rings. The van der Waals surface area contributed by atoms with Gasteiger partial charge in [0.15, 0.2) is 0 Å². The Labute approximate surface area is 173 Å². The van der Waals surface area contributed by atoms with Crippen molar-refractivity contribution in [3.8, 4) is 0 Å². The molecule has 7 nitrogen and oxygen atoms in total. The van der Waals surface area contributed by atoms with Gasteiger partial charge in [0.05, 0.1) is 11.7 Å². The van der Waals surface area contributed by atoms with E-state index in [2.05, 4.69) is 4.98 Å². The second kappa shape index (κ2) is 7.94. The first-order chi connectivity index (χ1) is 14.1. The van der Waals surface area contributed by atoms with Crippen LogP contribution in [-0.4, -0.2) is 62.7 Å². The number of aromatic nitrogens is 1. The molecular formula is C21H24N4O3S. The van der Waals surface area contributed by atoms with Crippen LogP contribution in [0.25, 0.3) is 0 Å². The van der Waals surface area contributed by atoms with Gasteiger partial charge in [0, 0.05) is 26.2 Å². The third-order valence-electron chi connectivity index (χ3n) is 5.77. The monoisotopic (exact) mass is 412 g/mol. The predicted octanol–water partition coefficient (Wildman–Crippen LogP) is 2.99. The summed E-state index contributed by atoms with van der Waals surface area (Å²) in [6.07, 6.45) is 3.21. The quantitative estimate of drug-likeness (QED) is 0.708. The number of thiazole rings is 1. The van der Waals surface area contributed by atoms with Crippen LogP contribution >= 0.6 is 11.3 Å². The summed E-state index contributed by atoms with van der Waals surface area (Å²) in [6, 6.07) is 9.52. The van der Waals surface area contributed by atoms with E-state index in [1.165, 1.54) is 16.2 Å². The number of hydrogen-bond donors (Lipinski definition) is 0. The molecule has 0 N–H and O–H groups in total. The van der Waals surface area contributed by atoms with E-state index in [1.807, 2.05) is 37.3 Å². The average molecular weight is 413 g/mol. The van der Waals surface area contributed by atoms with E-state index in [0.717, 1.165) is 12.0 Å². The normalized spacial score (nSPS) is 18.7. The Morgan fingerprint density at radius 1 is 1.17 bits per heavy atom. The molecule has 8 heteroatoms. The van der Waals surface area contributed by atoms with Crippen molar-refractivity contribution in [1.82, 2.24) is 19.7 Å². The fourth-order valence-electron chi connectivity index (χ4n) is 4.23. The summed E-state index contributed by atoms with van der Waals surface area (Å²) >= 11 is 1.32. The zero-order chi connectivity index (χ0) is 20.4. The molecule has 1 aromatic carbocycles. The molecule has 152 valence electrons. The van der Waals surface area contributed by atoms with Crippen LogP contribution in [0.2, 0.25) is 0 Å². The van der Waals surface area contributed by atoms with Crippen LogP contribution in [0.5, 0.6) is 0 Å². The lowest BCUT2D eigenvalue weighted by atomic mass is 9.85. The number of carbonyl (C=O) groups is 3. The van der Waals surface area contributed by atoms with Gasteiger partial charge in [0.2, 0.25) is 0 Å². The summed E-state index contributed by atoms with van der Waals surface area (Å²) in [5.74, 6) is -0.177. The first-order valence-electron chi connectivity index (χ1n) is 9.92. The first kappa shape index (κ1) is 19.6. The minimum absolute atomic E-state index is 0.0563. The van der Waals surface area contributed by atoms with Crippen LogP contribution in [0.3, 0.4) is 0 Å². The van der Waals surface area contributed by atoms with E-state index in [4.69, 9.17) is 0 Å². The molecule has 0 aliphatic carbocycles. The Balaban J connectivity index is 1.58. The number of piperidine rings is 1. The molecule has 2 fully saturated rings. The number of urea groups is 1. The highest BCUT2D eigenvalue weighted by molar-refractivity contribution is 7.11. The number of carbonyl (C=O) groups excluding carboxylic acids is 3. The number of nitrogens with zero attached hydrogens (tertiary/aromatic N) is 4. The summed E-state index contributed by atoms with van der Waals surface area (Å²) in [5, 5.41) is 0. The molecule has 29 heavy (non-hydrogen) atoms. The topological polar surface area (TPSA) is 73.8 Å². The van der Waals surface area contributed by atoms with Crippen molar-refractivity contribution < 1.29 is 14.4 Å². The molecule has 2 saturated heterocycles. The third kappa shape index (κ3) is 3.42. The van der Waals surface area contributed by atoms with E-state index in [1.54, 1.807) is 21.5 Å². The molecule has 1 aromatic heterocycles. The van der Waals surface area contributed by atoms with E-state index in [9.17, 15) is 14.4 Å². The van der Waals surface area contributed by atoms with Gasteiger partial charge in [0.1, 0.15) is 10.4 Å². The van der Waals surface area contributed by atoms with Crippen LogP contribution in [0, 0.1) is 0 Å². The van der Waals surface area contributed by atoms with Gasteiger partial charge in [-0.3, -0.25) is 19.5 Å². The van der Waals surface area contributed by atoms with Crippen LogP contribution in [0.15, 0.2) is 42.0 Å². The lowest BCUT2D eigenvalue weighted by molar-refractivity contribution is -0.135. The Morgan fingerprint density at radius 3 is 2.52 bits per heavy atom. The fraction of sp³-hybridized carbons (Fsp3) is 0.429. The molecule has 4 rings (SSSR count). The van der Waals surface area contributed by atoms with Crippen molar-refractivity contribution >= 4 is 29.2 Å². The van der Waals surface area contributed by atoms with E-state index >= 15 is 0 Å². The molecule has 0 atom stereocenters. The average Bonchev–Trinajstić information content (AvgIpc) is 3.35. The van der Waals surface area contributed by atoms with Gasteiger partial charge >= 0.3 is 6.03 Å². The van der Waals surface area contributed by atoms with E-state index in [-0.39, 0.29) is 17.8 Å².